The molecule has 0 saturated carbocycles. The van der Waals surface area contributed by atoms with Gasteiger partial charge in [-0.05, 0) is 45.4 Å². The van der Waals surface area contributed by atoms with Gasteiger partial charge in [0.1, 0.15) is 11.4 Å². The van der Waals surface area contributed by atoms with E-state index in [1.54, 1.807) is 30.3 Å². The molecule has 23 heavy (non-hydrogen) atoms. The molecule has 1 aromatic rings. The molecule has 0 radical (unpaired) electrons. The Morgan fingerprint density at radius 2 is 2.17 bits per heavy atom. The van der Waals surface area contributed by atoms with Crippen molar-refractivity contribution in [3.8, 4) is 0 Å². The molecule has 2 heterocycles. The van der Waals surface area contributed by atoms with Gasteiger partial charge in [0.05, 0.1) is 11.9 Å². The average molecular weight is 320 g/mol. The lowest BCUT2D eigenvalue weighted by atomic mass is 10.1. The highest BCUT2D eigenvalue weighted by Gasteiger charge is 2.30. The Hall–Kier alpha value is -2.15. The van der Waals surface area contributed by atoms with Crippen LogP contribution in [0.5, 0.6) is 0 Å². The quantitative estimate of drug-likeness (QED) is 0.917. The van der Waals surface area contributed by atoms with Crippen molar-refractivity contribution >= 4 is 23.5 Å². The normalized spacial score (nSPS) is 18.2. The van der Waals surface area contributed by atoms with E-state index in [4.69, 9.17) is 10.5 Å². The van der Waals surface area contributed by atoms with Gasteiger partial charge in [0.2, 0.25) is 5.91 Å². The van der Waals surface area contributed by atoms with Crippen molar-refractivity contribution in [2.45, 2.75) is 32.8 Å². The number of hydrogen-bond donors (Lipinski definition) is 1. The average Bonchev–Trinajstić information content (AvgIpc) is 2.86. The first-order valence-corrected chi connectivity index (χ1v) is 7.64. The molecule has 0 aromatic carbocycles. The van der Waals surface area contributed by atoms with Gasteiger partial charge in [0.25, 0.3) is 0 Å². The number of nitrogens with zero attached hydrogens (tertiary/aromatic N) is 3. The van der Waals surface area contributed by atoms with Crippen LogP contribution in [0.25, 0.3) is 0 Å². The maximum absolute atomic E-state index is 12.0. The van der Waals surface area contributed by atoms with Crippen LogP contribution < -0.4 is 15.5 Å². The first-order valence-electron chi connectivity index (χ1n) is 7.64. The summed E-state index contributed by atoms with van der Waals surface area (Å²) >= 11 is 0. The Morgan fingerprint density at radius 3 is 2.65 bits per heavy atom. The van der Waals surface area contributed by atoms with Gasteiger partial charge in [-0.15, -0.1) is 0 Å². The number of amides is 2. The highest BCUT2D eigenvalue weighted by Crippen LogP contribution is 2.25. The van der Waals surface area contributed by atoms with E-state index >= 15 is 0 Å². The van der Waals surface area contributed by atoms with Crippen LogP contribution in [-0.2, 0) is 9.53 Å². The largest absolute Gasteiger partial charge is 0.443 e. The lowest BCUT2D eigenvalue weighted by Gasteiger charge is -2.24. The summed E-state index contributed by atoms with van der Waals surface area (Å²) in [4.78, 5) is 31.3. The fourth-order valence-corrected chi connectivity index (χ4v) is 2.35. The fraction of sp³-hybridized carbons (Fsp3) is 0.562. The molecule has 1 aliphatic heterocycles. The van der Waals surface area contributed by atoms with Crippen LogP contribution in [0.1, 0.15) is 27.2 Å². The zero-order valence-electron chi connectivity index (χ0n) is 14.1. The van der Waals surface area contributed by atoms with E-state index in [1.165, 1.54) is 4.90 Å². The highest BCUT2D eigenvalue weighted by molar-refractivity contribution is 5.95. The molecule has 126 valence electrons. The number of pyridine rings is 1. The summed E-state index contributed by atoms with van der Waals surface area (Å²) in [6.07, 6.45) is 1.58. The molecule has 2 rings (SSSR count). The van der Waals surface area contributed by atoms with Crippen LogP contribution in [0.15, 0.2) is 18.3 Å². The molecule has 1 unspecified atom stereocenters. The molecule has 1 saturated heterocycles. The molecular weight excluding hydrogens is 296 g/mol. The third kappa shape index (κ3) is 4.19. The van der Waals surface area contributed by atoms with Crippen molar-refractivity contribution in [1.29, 1.82) is 0 Å². The van der Waals surface area contributed by atoms with Crippen molar-refractivity contribution in [1.82, 2.24) is 4.98 Å². The third-order valence-electron chi connectivity index (χ3n) is 3.59. The van der Waals surface area contributed by atoms with E-state index in [2.05, 4.69) is 4.98 Å². The van der Waals surface area contributed by atoms with E-state index < -0.39 is 11.7 Å². The van der Waals surface area contributed by atoms with Crippen LogP contribution in [-0.4, -0.2) is 42.7 Å². The number of rotatable bonds is 3. The van der Waals surface area contributed by atoms with Crippen molar-refractivity contribution in [2.75, 3.05) is 29.9 Å². The molecule has 7 nitrogen and oxygen atoms in total. The summed E-state index contributed by atoms with van der Waals surface area (Å²) in [5.74, 6) is 0.701. The van der Waals surface area contributed by atoms with Gasteiger partial charge < -0.3 is 15.4 Å². The number of ether oxygens (including phenoxy) is 1. The molecule has 2 N–H and O–H groups in total. The molecule has 1 fully saturated rings. The van der Waals surface area contributed by atoms with Gasteiger partial charge in [-0.25, -0.2) is 9.78 Å². The van der Waals surface area contributed by atoms with Gasteiger partial charge >= 0.3 is 6.09 Å². The second kappa shape index (κ2) is 6.54. The summed E-state index contributed by atoms with van der Waals surface area (Å²) < 4.78 is 5.30. The SMILES string of the molecule is CN(C(=O)OC(C)(C)C)c1ccc(N2CC(CN)CC2=O)cn1. The zero-order chi connectivity index (χ0) is 17.2. The van der Waals surface area contributed by atoms with Gasteiger partial charge in [-0.1, -0.05) is 0 Å². The fourth-order valence-electron chi connectivity index (χ4n) is 2.35. The predicted molar refractivity (Wildman–Crippen MR) is 88.4 cm³/mol. The van der Waals surface area contributed by atoms with Gasteiger partial charge in [0, 0.05) is 20.0 Å². The molecule has 0 bridgehead atoms. The van der Waals surface area contributed by atoms with Crippen LogP contribution in [0, 0.1) is 5.92 Å². The van der Waals surface area contributed by atoms with E-state index in [0.29, 0.717) is 31.0 Å². The lowest BCUT2D eigenvalue weighted by Crippen LogP contribution is -2.34. The van der Waals surface area contributed by atoms with E-state index in [9.17, 15) is 9.59 Å². The van der Waals surface area contributed by atoms with Crippen LogP contribution in [0.4, 0.5) is 16.3 Å². The summed E-state index contributed by atoms with van der Waals surface area (Å²) in [6, 6.07) is 3.47. The number of anilines is 2. The topological polar surface area (TPSA) is 88.8 Å². The van der Waals surface area contributed by atoms with Crippen LogP contribution >= 0.6 is 0 Å². The molecular formula is C16H24N4O3. The van der Waals surface area contributed by atoms with Crippen LogP contribution in [0.2, 0.25) is 0 Å². The van der Waals surface area contributed by atoms with E-state index in [1.807, 2.05) is 20.8 Å². The molecule has 1 atom stereocenters. The molecule has 2 amide bonds. The van der Waals surface area contributed by atoms with Gasteiger partial charge in [0.15, 0.2) is 0 Å². The summed E-state index contributed by atoms with van der Waals surface area (Å²) in [5, 5.41) is 0. The van der Waals surface area contributed by atoms with Crippen molar-refractivity contribution in [3.05, 3.63) is 18.3 Å². The minimum atomic E-state index is -0.565. The number of aromatic nitrogens is 1. The summed E-state index contributed by atoms with van der Waals surface area (Å²) in [5.41, 5.74) is 5.78. The van der Waals surface area contributed by atoms with E-state index in [-0.39, 0.29) is 11.8 Å². The van der Waals surface area contributed by atoms with Crippen LogP contribution in [0.3, 0.4) is 0 Å². The number of carbonyl (C=O) groups is 2. The minimum absolute atomic E-state index is 0.0514. The van der Waals surface area contributed by atoms with Gasteiger partial charge in [-0.2, -0.15) is 0 Å². The first kappa shape index (κ1) is 17.2. The Morgan fingerprint density at radius 1 is 1.48 bits per heavy atom. The second-order valence-electron chi connectivity index (χ2n) is 6.72. The highest BCUT2D eigenvalue weighted by atomic mass is 16.6. The number of carbonyl (C=O) groups excluding carboxylic acids is 2. The molecule has 0 spiro atoms. The predicted octanol–water partition coefficient (Wildman–Crippen LogP) is 1.76. The molecule has 1 aliphatic rings. The molecule has 7 heteroatoms. The van der Waals surface area contributed by atoms with Crippen molar-refractivity contribution in [3.63, 3.8) is 0 Å². The summed E-state index contributed by atoms with van der Waals surface area (Å²) in [6.45, 7) is 6.53. The minimum Gasteiger partial charge on any atom is -0.443 e. The first-order chi connectivity index (χ1) is 10.7. The van der Waals surface area contributed by atoms with Gasteiger partial charge in [-0.3, -0.25) is 9.69 Å². The Balaban J connectivity index is 2.07. The second-order valence-corrected chi connectivity index (χ2v) is 6.72. The monoisotopic (exact) mass is 320 g/mol. The Kier molecular flexibility index (Phi) is 4.89. The zero-order valence-corrected chi connectivity index (χ0v) is 14.1. The number of nitrogens with two attached hydrogens (primary N) is 1. The molecule has 0 aliphatic carbocycles. The molecule has 1 aromatic heterocycles. The summed E-state index contributed by atoms with van der Waals surface area (Å²) in [7, 11) is 1.60. The van der Waals surface area contributed by atoms with E-state index in [0.717, 1.165) is 0 Å². The van der Waals surface area contributed by atoms with Crippen molar-refractivity contribution < 1.29 is 14.3 Å². The standard InChI is InChI=1S/C16H24N4O3/c1-16(2,3)23-15(22)19(4)13-6-5-12(9-18-13)20-10-11(8-17)7-14(20)21/h5-6,9,11H,7-8,10,17H2,1-4H3. The Labute approximate surface area is 136 Å². The smallest absolute Gasteiger partial charge is 0.415 e. The van der Waals surface area contributed by atoms with Crippen molar-refractivity contribution in [2.24, 2.45) is 11.7 Å². The number of hydrogen-bond acceptors (Lipinski definition) is 5. The Bertz CT molecular complexity index is 580. The maximum Gasteiger partial charge on any atom is 0.415 e. The lowest BCUT2D eigenvalue weighted by molar-refractivity contribution is -0.117. The third-order valence-corrected chi connectivity index (χ3v) is 3.59. The maximum atomic E-state index is 12.0.